The lowest BCUT2D eigenvalue weighted by molar-refractivity contribution is -0.158. The Morgan fingerprint density at radius 2 is 1.84 bits per heavy atom. The van der Waals surface area contributed by atoms with E-state index in [1.807, 2.05) is 0 Å². The number of rotatable bonds is 8. The molecule has 1 saturated carbocycles. The van der Waals surface area contributed by atoms with Crippen LogP contribution in [-0.4, -0.2) is 19.1 Å². The molecular weight excluding hydrogens is 238 g/mol. The standard InChI is InChI=1S/C16H31NO2/c1-3-4-5-6-7-12-19-15(18)16(13-17)10-8-14(2)9-11-16/h14H,3-13,17H2,1-2H3. The number of esters is 1. The maximum Gasteiger partial charge on any atom is 0.313 e. The van der Waals surface area contributed by atoms with E-state index < -0.39 is 0 Å². The van der Waals surface area contributed by atoms with E-state index in [-0.39, 0.29) is 11.4 Å². The molecule has 0 bridgehead atoms. The van der Waals surface area contributed by atoms with E-state index in [0.29, 0.717) is 13.2 Å². The predicted molar refractivity (Wildman–Crippen MR) is 78.8 cm³/mol. The molecule has 0 saturated heterocycles. The topological polar surface area (TPSA) is 52.3 Å². The van der Waals surface area contributed by atoms with E-state index in [4.69, 9.17) is 10.5 Å². The van der Waals surface area contributed by atoms with Crippen molar-refractivity contribution in [2.24, 2.45) is 17.1 Å². The van der Waals surface area contributed by atoms with Gasteiger partial charge in [-0.1, -0.05) is 39.5 Å². The van der Waals surface area contributed by atoms with Gasteiger partial charge in [0.2, 0.25) is 0 Å². The molecule has 0 aromatic carbocycles. The van der Waals surface area contributed by atoms with Crippen molar-refractivity contribution >= 4 is 5.97 Å². The monoisotopic (exact) mass is 269 g/mol. The summed E-state index contributed by atoms with van der Waals surface area (Å²) in [5, 5.41) is 0. The molecule has 0 aromatic rings. The van der Waals surface area contributed by atoms with E-state index in [1.54, 1.807) is 0 Å². The molecule has 1 rings (SSSR count). The fraction of sp³-hybridized carbons (Fsp3) is 0.938. The van der Waals surface area contributed by atoms with Gasteiger partial charge in [-0.3, -0.25) is 4.79 Å². The maximum absolute atomic E-state index is 12.2. The first-order valence-corrected chi connectivity index (χ1v) is 8.02. The van der Waals surface area contributed by atoms with Crippen molar-refractivity contribution in [1.29, 1.82) is 0 Å². The molecule has 0 spiro atoms. The van der Waals surface area contributed by atoms with Crippen LogP contribution < -0.4 is 5.73 Å². The Balaban J connectivity index is 2.26. The molecule has 1 aliphatic rings. The van der Waals surface area contributed by atoms with Gasteiger partial charge in [-0.2, -0.15) is 0 Å². The third-order valence-electron chi connectivity index (χ3n) is 4.54. The molecular formula is C16H31NO2. The third kappa shape index (κ3) is 5.13. The van der Waals surface area contributed by atoms with Crippen LogP contribution in [0.3, 0.4) is 0 Å². The molecule has 0 aromatic heterocycles. The Hall–Kier alpha value is -0.570. The molecule has 2 N–H and O–H groups in total. The second kappa shape index (κ2) is 8.57. The lowest BCUT2D eigenvalue weighted by Crippen LogP contribution is -2.42. The summed E-state index contributed by atoms with van der Waals surface area (Å²) in [4.78, 5) is 12.2. The van der Waals surface area contributed by atoms with Gasteiger partial charge in [-0.25, -0.2) is 0 Å². The lowest BCUT2D eigenvalue weighted by Gasteiger charge is -2.36. The number of carbonyl (C=O) groups excluding carboxylic acids is 1. The van der Waals surface area contributed by atoms with Crippen LogP contribution in [0.2, 0.25) is 0 Å². The van der Waals surface area contributed by atoms with Crippen molar-refractivity contribution in [1.82, 2.24) is 0 Å². The second-order valence-electron chi connectivity index (χ2n) is 6.22. The lowest BCUT2D eigenvalue weighted by atomic mass is 9.71. The van der Waals surface area contributed by atoms with Crippen molar-refractivity contribution in [2.45, 2.75) is 71.6 Å². The Morgan fingerprint density at radius 3 is 2.42 bits per heavy atom. The molecule has 0 unspecified atom stereocenters. The Morgan fingerprint density at radius 1 is 1.21 bits per heavy atom. The Kier molecular flexibility index (Phi) is 7.44. The Labute approximate surface area is 118 Å². The summed E-state index contributed by atoms with van der Waals surface area (Å²) in [6.45, 7) is 5.46. The van der Waals surface area contributed by atoms with Crippen LogP contribution in [0, 0.1) is 11.3 Å². The summed E-state index contributed by atoms with van der Waals surface area (Å²) in [7, 11) is 0. The van der Waals surface area contributed by atoms with Gasteiger partial charge < -0.3 is 10.5 Å². The van der Waals surface area contributed by atoms with Gasteiger partial charge in [-0.05, 0) is 38.0 Å². The van der Waals surface area contributed by atoms with Crippen LogP contribution in [0.5, 0.6) is 0 Å². The molecule has 3 heteroatoms. The second-order valence-corrected chi connectivity index (χ2v) is 6.22. The molecule has 3 nitrogen and oxygen atoms in total. The zero-order valence-electron chi connectivity index (χ0n) is 12.7. The predicted octanol–water partition coefficient (Wildman–Crippen LogP) is 3.66. The minimum absolute atomic E-state index is 0.0441. The molecule has 0 amide bonds. The number of unbranched alkanes of at least 4 members (excludes halogenated alkanes) is 4. The van der Waals surface area contributed by atoms with Gasteiger partial charge in [0.1, 0.15) is 0 Å². The smallest absolute Gasteiger partial charge is 0.313 e. The highest BCUT2D eigenvalue weighted by atomic mass is 16.5. The van der Waals surface area contributed by atoms with Crippen molar-refractivity contribution < 1.29 is 9.53 Å². The van der Waals surface area contributed by atoms with Crippen molar-refractivity contribution in [3.8, 4) is 0 Å². The van der Waals surface area contributed by atoms with Gasteiger partial charge in [-0.15, -0.1) is 0 Å². The highest BCUT2D eigenvalue weighted by Crippen LogP contribution is 2.39. The minimum Gasteiger partial charge on any atom is -0.465 e. The first-order chi connectivity index (χ1) is 9.14. The van der Waals surface area contributed by atoms with Crippen LogP contribution in [0.4, 0.5) is 0 Å². The van der Waals surface area contributed by atoms with Gasteiger partial charge in [0.05, 0.1) is 12.0 Å². The number of hydrogen-bond acceptors (Lipinski definition) is 3. The van der Waals surface area contributed by atoms with E-state index in [9.17, 15) is 4.79 Å². The SMILES string of the molecule is CCCCCCCOC(=O)C1(CN)CCC(C)CC1. The van der Waals surface area contributed by atoms with E-state index in [0.717, 1.165) is 44.4 Å². The minimum atomic E-state index is -0.379. The first kappa shape index (κ1) is 16.5. The van der Waals surface area contributed by atoms with Crippen molar-refractivity contribution in [3.63, 3.8) is 0 Å². The van der Waals surface area contributed by atoms with Crippen LogP contribution >= 0.6 is 0 Å². The van der Waals surface area contributed by atoms with Crippen molar-refractivity contribution in [3.05, 3.63) is 0 Å². The third-order valence-corrected chi connectivity index (χ3v) is 4.54. The van der Waals surface area contributed by atoms with E-state index in [2.05, 4.69) is 13.8 Å². The number of ether oxygens (including phenoxy) is 1. The van der Waals surface area contributed by atoms with Gasteiger partial charge >= 0.3 is 5.97 Å². The van der Waals surface area contributed by atoms with E-state index in [1.165, 1.54) is 19.3 Å². The molecule has 19 heavy (non-hydrogen) atoms. The number of carbonyl (C=O) groups is 1. The molecule has 0 aliphatic heterocycles. The fourth-order valence-electron chi connectivity index (χ4n) is 2.83. The van der Waals surface area contributed by atoms with Gasteiger partial charge in [0.15, 0.2) is 0 Å². The molecule has 1 fully saturated rings. The molecule has 0 heterocycles. The van der Waals surface area contributed by atoms with Crippen molar-refractivity contribution in [2.75, 3.05) is 13.2 Å². The van der Waals surface area contributed by atoms with E-state index >= 15 is 0 Å². The summed E-state index contributed by atoms with van der Waals surface area (Å²) in [5.74, 6) is 0.680. The number of hydrogen-bond donors (Lipinski definition) is 1. The highest BCUT2D eigenvalue weighted by Gasteiger charge is 2.41. The molecule has 0 atom stereocenters. The first-order valence-electron chi connectivity index (χ1n) is 8.02. The summed E-state index contributed by atoms with van der Waals surface area (Å²) in [6.07, 6.45) is 9.92. The average Bonchev–Trinajstić information content (AvgIpc) is 2.43. The number of nitrogens with two attached hydrogens (primary N) is 1. The van der Waals surface area contributed by atoms with Gasteiger partial charge in [0.25, 0.3) is 0 Å². The summed E-state index contributed by atoms with van der Waals surface area (Å²) in [5.41, 5.74) is 5.47. The maximum atomic E-state index is 12.2. The zero-order chi connectivity index (χ0) is 14.1. The quantitative estimate of drug-likeness (QED) is 0.540. The molecule has 1 aliphatic carbocycles. The van der Waals surface area contributed by atoms with Crippen LogP contribution in [-0.2, 0) is 9.53 Å². The van der Waals surface area contributed by atoms with Gasteiger partial charge in [0, 0.05) is 6.54 Å². The molecule has 112 valence electrons. The van der Waals surface area contributed by atoms with Crippen LogP contribution in [0.1, 0.15) is 71.6 Å². The zero-order valence-corrected chi connectivity index (χ0v) is 12.7. The summed E-state index contributed by atoms with van der Waals surface area (Å²) < 4.78 is 5.47. The highest BCUT2D eigenvalue weighted by molar-refractivity contribution is 5.77. The largest absolute Gasteiger partial charge is 0.465 e. The summed E-state index contributed by atoms with van der Waals surface area (Å²) >= 11 is 0. The van der Waals surface area contributed by atoms with Crippen LogP contribution in [0.15, 0.2) is 0 Å². The van der Waals surface area contributed by atoms with Crippen LogP contribution in [0.25, 0.3) is 0 Å². The normalized spacial score (nSPS) is 27.2. The fourth-order valence-corrected chi connectivity index (χ4v) is 2.83. The Bertz CT molecular complexity index is 257. The average molecular weight is 269 g/mol. The summed E-state index contributed by atoms with van der Waals surface area (Å²) in [6, 6.07) is 0. The molecule has 0 radical (unpaired) electrons.